The van der Waals surface area contributed by atoms with Crippen LogP contribution in [0.3, 0.4) is 0 Å². The van der Waals surface area contributed by atoms with Gasteiger partial charge in [-0.15, -0.1) is 13.2 Å². The van der Waals surface area contributed by atoms with Crippen molar-refractivity contribution >= 4 is 5.69 Å². The van der Waals surface area contributed by atoms with E-state index in [1.807, 2.05) is 0 Å². The molecule has 3 aromatic carbocycles. The smallest absolute Gasteiger partial charge is 0.457 e. The van der Waals surface area contributed by atoms with Crippen LogP contribution in [0.1, 0.15) is 5.56 Å². The van der Waals surface area contributed by atoms with Crippen molar-refractivity contribution in [1.82, 2.24) is 0 Å². The number of halogens is 9. The highest BCUT2D eigenvalue weighted by Gasteiger charge is 2.40. The van der Waals surface area contributed by atoms with Gasteiger partial charge in [0.1, 0.15) is 17.2 Å². The molecule has 0 bridgehead atoms. The number of benzene rings is 3. The van der Waals surface area contributed by atoms with Crippen LogP contribution in [0.5, 0.6) is 23.0 Å². The SMILES string of the molecule is O[C@@H](CN(Oc1cccc(C(F)(F)F)c1)c1cccc(Oc2cccc(OC(F)(F)F)c2)c1)C(F)(F)F. The molecule has 0 radical (unpaired) electrons. The van der Waals surface area contributed by atoms with E-state index in [1.165, 1.54) is 30.3 Å². The van der Waals surface area contributed by atoms with Crippen molar-refractivity contribution in [1.29, 1.82) is 0 Å². The predicted octanol–water partition coefficient (Wildman–Crippen LogP) is 7.12. The molecule has 3 aromatic rings. The molecule has 0 saturated heterocycles. The van der Waals surface area contributed by atoms with Gasteiger partial charge in [-0.1, -0.05) is 18.2 Å². The van der Waals surface area contributed by atoms with Gasteiger partial charge in [0, 0.05) is 12.1 Å². The number of aliphatic hydroxyl groups excluding tert-OH is 1. The summed E-state index contributed by atoms with van der Waals surface area (Å²) in [6.07, 6.45) is -17.7. The number of anilines is 1. The Balaban J connectivity index is 1.89. The minimum absolute atomic E-state index is 0.0826. The second-order valence-corrected chi connectivity index (χ2v) is 7.36. The quantitative estimate of drug-likeness (QED) is 0.243. The number of alkyl halides is 9. The van der Waals surface area contributed by atoms with Crippen molar-refractivity contribution < 1.29 is 58.9 Å². The van der Waals surface area contributed by atoms with E-state index < -0.39 is 48.4 Å². The monoisotopic (exact) mass is 541 g/mol. The fraction of sp³-hybridized carbons (Fsp3) is 0.217. The molecule has 3 rings (SSSR count). The van der Waals surface area contributed by atoms with Gasteiger partial charge in [-0.05, 0) is 42.5 Å². The average molecular weight is 541 g/mol. The molecule has 5 nitrogen and oxygen atoms in total. The van der Waals surface area contributed by atoms with E-state index in [1.54, 1.807) is 0 Å². The molecule has 37 heavy (non-hydrogen) atoms. The van der Waals surface area contributed by atoms with Crippen LogP contribution >= 0.6 is 0 Å². The summed E-state index contributed by atoms with van der Waals surface area (Å²) in [4.78, 5) is 5.25. The van der Waals surface area contributed by atoms with E-state index >= 15 is 0 Å². The van der Waals surface area contributed by atoms with Gasteiger partial charge in [0.05, 0.1) is 17.8 Å². The summed E-state index contributed by atoms with van der Waals surface area (Å²) >= 11 is 0. The molecular weight excluding hydrogens is 525 g/mol. The Kier molecular flexibility index (Phi) is 8.00. The molecule has 0 aliphatic heterocycles. The summed E-state index contributed by atoms with van der Waals surface area (Å²) < 4.78 is 125. The Hall–Kier alpha value is -3.81. The largest absolute Gasteiger partial charge is 0.573 e. The first-order chi connectivity index (χ1) is 17.1. The Morgan fingerprint density at radius 1 is 0.703 bits per heavy atom. The third-order valence-corrected chi connectivity index (χ3v) is 4.47. The molecule has 0 aromatic heterocycles. The van der Waals surface area contributed by atoms with Gasteiger partial charge in [0.2, 0.25) is 0 Å². The number of ether oxygens (including phenoxy) is 2. The molecular formula is C23H16F9NO4. The summed E-state index contributed by atoms with van der Waals surface area (Å²) in [7, 11) is 0. The van der Waals surface area contributed by atoms with Crippen molar-refractivity contribution in [2.45, 2.75) is 24.8 Å². The first kappa shape index (κ1) is 27.8. The highest BCUT2D eigenvalue weighted by atomic mass is 19.4. The number of hydroxylamine groups is 1. The van der Waals surface area contributed by atoms with Crippen LogP contribution in [0.25, 0.3) is 0 Å². The summed E-state index contributed by atoms with van der Waals surface area (Å²) in [5.74, 6) is -1.28. The van der Waals surface area contributed by atoms with Crippen molar-refractivity contribution in [2.24, 2.45) is 0 Å². The Bertz CT molecular complexity index is 1200. The fourth-order valence-corrected chi connectivity index (χ4v) is 2.89. The number of nitrogens with zero attached hydrogens (tertiary/aromatic N) is 1. The van der Waals surface area contributed by atoms with Gasteiger partial charge in [0.15, 0.2) is 11.9 Å². The fourth-order valence-electron chi connectivity index (χ4n) is 2.89. The van der Waals surface area contributed by atoms with E-state index in [2.05, 4.69) is 4.74 Å². The van der Waals surface area contributed by atoms with Crippen LogP contribution in [0.15, 0.2) is 72.8 Å². The van der Waals surface area contributed by atoms with Gasteiger partial charge in [-0.25, -0.2) is 5.06 Å². The molecule has 1 N–H and O–H groups in total. The van der Waals surface area contributed by atoms with Crippen LogP contribution in [-0.2, 0) is 6.18 Å². The van der Waals surface area contributed by atoms with Crippen LogP contribution in [0, 0.1) is 0 Å². The summed E-state index contributed by atoms with van der Waals surface area (Å²) in [6, 6.07) is 12.6. The lowest BCUT2D eigenvalue weighted by Gasteiger charge is -2.28. The number of rotatable bonds is 8. The molecule has 0 amide bonds. The minimum atomic E-state index is -5.08. The predicted molar refractivity (Wildman–Crippen MR) is 111 cm³/mol. The van der Waals surface area contributed by atoms with E-state index in [4.69, 9.17) is 9.57 Å². The lowest BCUT2D eigenvalue weighted by Crippen LogP contribution is -2.42. The van der Waals surface area contributed by atoms with Crippen LogP contribution in [0.4, 0.5) is 45.2 Å². The van der Waals surface area contributed by atoms with Crippen molar-refractivity contribution in [2.75, 3.05) is 11.6 Å². The Morgan fingerprint density at radius 2 is 1.27 bits per heavy atom. The first-order valence-electron chi connectivity index (χ1n) is 10.1. The topological polar surface area (TPSA) is 51.2 Å². The molecule has 0 unspecified atom stereocenters. The maximum Gasteiger partial charge on any atom is 0.573 e. The summed E-state index contributed by atoms with van der Waals surface area (Å²) in [5, 5.41) is 10.0. The zero-order chi connectivity index (χ0) is 27.4. The molecule has 0 aliphatic carbocycles. The average Bonchev–Trinajstić information content (AvgIpc) is 2.77. The molecule has 200 valence electrons. The molecule has 1 atom stereocenters. The normalized spacial score (nSPS) is 13.1. The van der Waals surface area contributed by atoms with Crippen molar-refractivity contribution in [3.05, 3.63) is 78.4 Å². The zero-order valence-electron chi connectivity index (χ0n) is 18.2. The van der Waals surface area contributed by atoms with Crippen LogP contribution in [-0.4, -0.2) is 30.3 Å². The Morgan fingerprint density at radius 3 is 1.89 bits per heavy atom. The third kappa shape index (κ3) is 8.37. The van der Waals surface area contributed by atoms with Gasteiger partial charge in [-0.2, -0.15) is 26.3 Å². The standard InChI is InChI=1S/C23H16F9NO4/c24-21(25,26)14-4-1-9-19(10-14)37-33(13-20(34)22(27,28)29)15-5-2-6-16(11-15)35-17-7-3-8-18(12-17)36-23(30,31)32/h1-12,20,34H,13H2/t20-/m0/s1. The zero-order valence-corrected chi connectivity index (χ0v) is 18.2. The van der Waals surface area contributed by atoms with Crippen LogP contribution < -0.4 is 19.4 Å². The van der Waals surface area contributed by atoms with Gasteiger partial charge >= 0.3 is 18.7 Å². The van der Waals surface area contributed by atoms with E-state index in [9.17, 15) is 44.6 Å². The molecule has 0 spiro atoms. The lowest BCUT2D eigenvalue weighted by molar-refractivity contribution is -0.274. The van der Waals surface area contributed by atoms with Crippen LogP contribution in [0.2, 0.25) is 0 Å². The highest BCUT2D eigenvalue weighted by molar-refractivity contribution is 5.51. The molecule has 0 heterocycles. The molecule has 14 heteroatoms. The van der Waals surface area contributed by atoms with Gasteiger partial charge < -0.3 is 19.4 Å². The number of hydrogen-bond donors (Lipinski definition) is 1. The van der Waals surface area contributed by atoms with E-state index in [-0.39, 0.29) is 17.2 Å². The van der Waals surface area contributed by atoms with Crippen molar-refractivity contribution in [3.63, 3.8) is 0 Å². The number of hydrogen-bond acceptors (Lipinski definition) is 5. The molecule has 0 aliphatic rings. The summed E-state index contributed by atoms with van der Waals surface area (Å²) in [5.41, 5.74) is -1.31. The third-order valence-electron chi connectivity index (χ3n) is 4.47. The van der Waals surface area contributed by atoms with Gasteiger partial charge in [0.25, 0.3) is 0 Å². The minimum Gasteiger partial charge on any atom is -0.457 e. The maximum atomic E-state index is 13.0. The first-order valence-corrected chi connectivity index (χ1v) is 10.1. The van der Waals surface area contributed by atoms with Crippen molar-refractivity contribution in [3.8, 4) is 23.0 Å². The van der Waals surface area contributed by atoms with E-state index in [0.717, 1.165) is 36.4 Å². The lowest BCUT2D eigenvalue weighted by atomic mass is 10.2. The maximum absolute atomic E-state index is 13.0. The molecule has 0 saturated carbocycles. The van der Waals surface area contributed by atoms with E-state index in [0.29, 0.717) is 11.1 Å². The number of aliphatic hydroxyl groups is 1. The van der Waals surface area contributed by atoms with Gasteiger partial charge in [-0.3, -0.25) is 0 Å². The summed E-state index contributed by atoms with van der Waals surface area (Å²) in [6.45, 7) is -1.24. The Labute approximate surface area is 203 Å². The highest BCUT2D eigenvalue weighted by Crippen LogP contribution is 2.34. The molecule has 0 fully saturated rings. The second kappa shape index (κ2) is 10.7. The second-order valence-electron chi connectivity index (χ2n) is 7.36.